The van der Waals surface area contributed by atoms with Gasteiger partial charge in [-0.15, -0.1) is 11.3 Å². The fourth-order valence-electron chi connectivity index (χ4n) is 2.37. The van der Waals surface area contributed by atoms with E-state index in [-0.39, 0.29) is 5.78 Å². The molecule has 0 atom stereocenters. The molecule has 5 heteroatoms. The molecular weight excluding hydrogens is 246 g/mol. The molecule has 1 aromatic rings. The molecule has 0 bridgehead atoms. The van der Waals surface area contributed by atoms with Gasteiger partial charge in [-0.25, -0.2) is 4.98 Å². The molecule has 0 aliphatic carbocycles. The van der Waals surface area contributed by atoms with Crippen LogP contribution in [0.2, 0.25) is 0 Å². The molecular formula is C13H21N3OS. The lowest BCUT2D eigenvalue weighted by Gasteiger charge is -2.36. The van der Waals surface area contributed by atoms with Crippen molar-refractivity contribution in [3.05, 3.63) is 11.1 Å². The van der Waals surface area contributed by atoms with Gasteiger partial charge in [0.1, 0.15) is 5.69 Å². The minimum Gasteiger partial charge on any atom is -0.348 e. The van der Waals surface area contributed by atoms with Crippen LogP contribution in [-0.4, -0.2) is 48.4 Å². The van der Waals surface area contributed by atoms with Gasteiger partial charge in [-0.3, -0.25) is 4.79 Å². The SMILES string of the molecule is CCN1CCC(N(C)c2nc(C(C)=O)cs2)CC1. The highest BCUT2D eigenvalue weighted by molar-refractivity contribution is 7.13. The van der Waals surface area contributed by atoms with E-state index in [1.165, 1.54) is 12.8 Å². The van der Waals surface area contributed by atoms with Crippen molar-refractivity contribution in [2.24, 2.45) is 0 Å². The molecule has 2 rings (SSSR count). The zero-order valence-corrected chi connectivity index (χ0v) is 12.2. The van der Waals surface area contributed by atoms with Crippen molar-refractivity contribution >= 4 is 22.3 Å². The van der Waals surface area contributed by atoms with Crippen LogP contribution in [0.3, 0.4) is 0 Å². The Morgan fingerprint density at radius 2 is 2.22 bits per heavy atom. The molecule has 4 nitrogen and oxygen atoms in total. The number of Topliss-reactive ketones (excluding diaryl/α,β-unsaturated/α-hetero) is 1. The molecule has 1 fully saturated rings. The van der Waals surface area contributed by atoms with E-state index in [1.807, 2.05) is 5.38 Å². The van der Waals surface area contributed by atoms with Gasteiger partial charge in [0.2, 0.25) is 0 Å². The largest absolute Gasteiger partial charge is 0.348 e. The lowest BCUT2D eigenvalue weighted by molar-refractivity contribution is 0.101. The normalized spacial score (nSPS) is 17.9. The average molecular weight is 267 g/mol. The van der Waals surface area contributed by atoms with Gasteiger partial charge in [-0.2, -0.15) is 0 Å². The summed E-state index contributed by atoms with van der Waals surface area (Å²) in [5, 5.41) is 2.82. The van der Waals surface area contributed by atoms with Gasteiger partial charge >= 0.3 is 0 Å². The van der Waals surface area contributed by atoms with E-state index in [9.17, 15) is 4.79 Å². The van der Waals surface area contributed by atoms with Crippen molar-refractivity contribution < 1.29 is 4.79 Å². The predicted molar refractivity (Wildman–Crippen MR) is 75.7 cm³/mol. The molecule has 0 unspecified atom stereocenters. The summed E-state index contributed by atoms with van der Waals surface area (Å²) in [6.07, 6.45) is 2.36. The minimum absolute atomic E-state index is 0.0479. The first kappa shape index (κ1) is 13.5. The second-order valence-corrected chi connectivity index (χ2v) is 5.68. The Morgan fingerprint density at radius 1 is 1.56 bits per heavy atom. The number of thiazole rings is 1. The van der Waals surface area contributed by atoms with Crippen LogP contribution in [0.1, 0.15) is 37.2 Å². The molecule has 1 aliphatic rings. The third-order valence-corrected chi connectivity index (χ3v) is 4.64. The monoisotopic (exact) mass is 267 g/mol. The number of ketones is 1. The van der Waals surface area contributed by atoms with Crippen LogP contribution in [0.4, 0.5) is 5.13 Å². The number of likely N-dealkylation sites (tertiary alicyclic amines) is 1. The summed E-state index contributed by atoms with van der Waals surface area (Å²) < 4.78 is 0. The Balaban J connectivity index is 1.98. The number of hydrogen-bond acceptors (Lipinski definition) is 5. The maximum absolute atomic E-state index is 11.3. The van der Waals surface area contributed by atoms with Crippen molar-refractivity contribution in [1.29, 1.82) is 0 Å². The second-order valence-electron chi connectivity index (χ2n) is 4.85. The minimum atomic E-state index is 0.0479. The van der Waals surface area contributed by atoms with E-state index < -0.39 is 0 Å². The van der Waals surface area contributed by atoms with Crippen LogP contribution < -0.4 is 4.90 Å². The first-order valence-electron chi connectivity index (χ1n) is 6.53. The van der Waals surface area contributed by atoms with Crippen molar-refractivity contribution in [3.8, 4) is 0 Å². The van der Waals surface area contributed by atoms with Gasteiger partial charge in [0.25, 0.3) is 0 Å². The standard InChI is InChI=1S/C13H21N3OS/c1-4-16-7-5-11(6-8-16)15(3)13-14-12(9-18-13)10(2)17/h9,11H,4-8H2,1-3H3. The van der Waals surface area contributed by atoms with Crippen LogP contribution in [0.15, 0.2) is 5.38 Å². The number of nitrogens with zero attached hydrogens (tertiary/aromatic N) is 3. The molecule has 0 aromatic carbocycles. The van der Waals surface area contributed by atoms with Crippen LogP contribution in [0.5, 0.6) is 0 Å². The van der Waals surface area contributed by atoms with Crippen LogP contribution >= 0.6 is 11.3 Å². The maximum Gasteiger partial charge on any atom is 0.185 e. The van der Waals surface area contributed by atoms with Crippen LogP contribution in [-0.2, 0) is 0 Å². The molecule has 0 saturated carbocycles. The number of carbonyl (C=O) groups excluding carboxylic acids is 1. The predicted octanol–water partition coefficient (Wildman–Crippen LogP) is 2.27. The number of aromatic nitrogens is 1. The number of carbonyl (C=O) groups is 1. The molecule has 2 heterocycles. The lowest BCUT2D eigenvalue weighted by Crippen LogP contribution is -2.43. The molecule has 0 N–H and O–H groups in total. The van der Waals surface area contributed by atoms with Crippen molar-refractivity contribution in [1.82, 2.24) is 9.88 Å². The van der Waals surface area contributed by atoms with E-state index >= 15 is 0 Å². The highest BCUT2D eigenvalue weighted by Gasteiger charge is 2.23. The summed E-state index contributed by atoms with van der Waals surface area (Å²) in [4.78, 5) is 20.4. The summed E-state index contributed by atoms with van der Waals surface area (Å²) in [5.74, 6) is 0.0479. The zero-order chi connectivity index (χ0) is 13.1. The van der Waals surface area contributed by atoms with Crippen molar-refractivity contribution in [3.63, 3.8) is 0 Å². The first-order valence-corrected chi connectivity index (χ1v) is 7.41. The Bertz CT molecular complexity index is 410. The third kappa shape index (κ3) is 2.90. The molecule has 18 heavy (non-hydrogen) atoms. The number of piperidine rings is 1. The number of hydrogen-bond donors (Lipinski definition) is 0. The smallest absolute Gasteiger partial charge is 0.185 e. The Kier molecular flexibility index (Phi) is 4.35. The quantitative estimate of drug-likeness (QED) is 0.784. The molecule has 0 amide bonds. The Morgan fingerprint density at radius 3 is 2.72 bits per heavy atom. The molecule has 1 saturated heterocycles. The lowest BCUT2D eigenvalue weighted by atomic mass is 10.0. The molecule has 1 aromatic heterocycles. The van der Waals surface area contributed by atoms with E-state index in [4.69, 9.17) is 0 Å². The number of rotatable bonds is 4. The van der Waals surface area contributed by atoms with E-state index in [2.05, 4.69) is 28.8 Å². The van der Waals surface area contributed by atoms with Gasteiger partial charge < -0.3 is 9.80 Å². The van der Waals surface area contributed by atoms with Crippen molar-refractivity contribution in [2.75, 3.05) is 31.6 Å². The fraction of sp³-hybridized carbons (Fsp3) is 0.692. The summed E-state index contributed by atoms with van der Waals surface area (Å²) in [6.45, 7) is 7.25. The highest BCUT2D eigenvalue weighted by Crippen LogP contribution is 2.25. The Hall–Kier alpha value is -0.940. The van der Waals surface area contributed by atoms with Gasteiger partial charge in [0, 0.05) is 38.5 Å². The van der Waals surface area contributed by atoms with Crippen molar-refractivity contribution in [2.45, 2.75) is 32.7 Å². The van der Waals surface area contributed by atoms with Crippen LogP contribution in [0.25, 0.3) is 0 Å². The summed E-state index contributed by atoms with van der Waals surface area (Å²) in [5.41, 5.74) is 0.591. The van der Waals surface area contributed by atoms with E-state index in [0.717, 1.165) is 24.8 Å². The van der Waals surface area contributed by atoms with E-state index in [1.54, 1.807) is 18.3 Å². The van der Waals surface area contributed by atoms with Crippen LogP contribution in [0, 0.1) is 0 Å². The first-order chi connectivity index (χ1) is 8.61. The Labute approximate surface area is 113 Å². The molecule has 100 valence electrons. The topological polar surface area (TPSA) is 36.4 Å². The fourth-order valence-corrected chi connectivity index (χ4v) is 3.27. The third-order valence-electron chi connectivity index (χ3n) is 3.71. The summed E-state index contributed by atoms with van der Waals surface area (Å²) in [7, 11) is 2.09. The maximum atomic E-state index is 11.3. The number of anilines is 1. The molecule has 0 spiro atoms. The van der Waals surface area contributed by atoms with E-state index in [0.29, 0.717) is 11.7 Å². The second kappa shape index (κ2) is 5.80. The van der Waals surface area contributed by atoms with Gasteiger partial charge in [0.05, 0.1) is 0 Å². The summed E-state index contributed by atoms with van der Waals surface area (Å²) >= 11 is 1.57. The highest BCUT2D eigenvalue weighted by atomic mass is 32.1. The average Bonchev–Trinajstić information content (AvgIpc) is 2.88. The molecule has 1 aliphatic heterocycles. The van der Waals surface area contributed by atoms with Gasteiger partial charge in [0.15, 0.2) is 10.9 Å². The zero-order valence-electron chi connectivity index (χ0n) is 11.3. The molecule has 0 radical (unpaired) electrons. The van der Waals surface area contributed by atoms with Gasteiger partial charge in [-0.1, -0.05) is 6.92 Å². The van der Waals surface area contributed by atoms with Gasteiger partial charge in [-0.05, 0) is 19.4 Å². The summed E-state index contributed by atoms with van der Waals surface area (Å²) in [6, 6.07) is 0.554.